The summed E-state index contributed by atoms with van der Waals surface area (Å²) in [6, 6.07) is 5.05. The van der Waals surface area contributed by atoms with Crippen molar-refractivity contribution < 1.29 is 19.1 Å². The predicted octanol–water partition coefficient (Wildman–Crippen LogP) is 4.80. The fraction of sp³-hybridized carbons (Fsp3) is 0.654. The Labute approximate surface area is 199 Å². The van der Waals surface area contributed by atoms with Crippen molar-refractivity contribution in [3.8, 4) is 0 Å². The summed E-state index contributed by atoms with van der Waals surface area (Å²) >= 11 is 0. The number of alkyl carbamates (subject to hydrolysis) is 1. The number of ether oxygens (including phenoxy) is 1. The number of unbranched alkanes of at least 4 members (excludes halogenated alkanes) is 3. The summed E-state index contributed by atoms with van der Waals surface area (Å²) in [5, 5.41) is 5.52. The minimum atomic E-state index is -0.775. The van der Waals surface area contributed by atoms with Crippen LogP contribution in [0.5, 0.6) is 0 Å². The summed E-state index contributed by atoms with van der Waals surface area (Å²) in [5.41, 5.74) is 2.17. The molecule has 33 heavy (non-hydrogen) atoms. The van der Waals surface area contributed by atoms with Gasteiger partial charge in [-0.15, -0.1) is 0 Å². The quantitative estimate of drug-likeness (QED) is 0.463. The van der Waals surface area contributed by atoms with Crippen molar-refractivity contribution in [1.29, 1.82) is 0 Å². The summed E-state index contributed by atoms with van der Waals surface area (Å²) in [5.74, 6) is -0.542. The summed E-state index contributed by atoms with van der Waals surface area (Å²) in [6.45, 7) is 15.4. The van der Waals surface area contributed by atoms with E-state index in [4.69, 9.17) is 4.74 Å². The maximum absolute atomic E-state index is 13.3. The standard InChI is InChI=1S/C26H43N3O4/c1-9-10-11-12-15-29(22(30)17-27-25(32)33-26(6,7)8)23(24(31)28-18(2)3)21-14-13-19(4)16-20(21)5/h13-14,16,18,23H,9-12,15,17H2,1-8H3,(H,27,32)(H,28,31). The van der Waals surface area contributed by atoms with Crippen LogP contribution in [0.3, 0.4) is 0 Å². The third-order valence-corrected chi connectivity index (χ3v) is 5.07. The lowest BCUT2D eigenvalue weighted by molar-refractivity contribution is -0.140. The number of benzene rings is 1. The first-order valence-corrected chi connectivity index (χ1v) is 12.0. The average Bonchev–Trinajstić information content (AvgIpc) is 2.67. The van der Waals surface area contributed by atoms with E-state index in [9.17, 15) is 14.4 Å². The summed E-state index contributed by atoms with van der Waals surface area (Å²) in [6.07, 6.45) is 3.22. The molecule has 7 heteroatoms. The van der Waals surface area contributed by atoms with Crippen molar-refractivity contribution in [3.05, 3.63) is 34.9 Å². The van der Waals surface area contributed by atoms with Gasteiger partial charge in [0.1, 0.15) is 18.2 Å². The van der Waals surface area contributed by atoms with Gasteiger partial charge in [0.05, 0.1) is 0 Å². The molecule has 7 nitrogen and oxygen atoms in total. The number of amides is 3. The number of carbonyl (C=O) groups excluding carboxylic acids is 3. The van der Waals surface area contributed by atoms with Crippen molar-refractivity contribution in [3.63, 3.8) is 0 Å². The van der Waals surface area contributed by atoms with Gasteiger partial charge in [-0.25, -0.2) is 4.79 Å². The third-order valence-electron chi connectivity index (χ3n) is 5.07. The van der Waals surface area contributed by atoms with E-state index >= 15 is 0 Å². The van der Waals surface area contributed by atoms with Gasteiger partial charge in [0.2, 0.25) is 11.8 Å². The van der Waals surface area contributed by atoms with Crippen LogP contribution in [0.4, 0.5) is 4.79 Å². The van der Waals surface area contributed by atoms with Crippen molar-refractivity contribution in [2.75, 3.05) is 13.1 Å². The second-order valence-electron chi connectivity index (χ2n) is 9.93. The van der Waals surface area contributed by atoms with Crippen molar-refractivity contribution in [2.24, 2.45) is 0 Å². The van der Waals surface area contributed by atoms with E-state index < -0.39 is 17.7 Å². The molecule has 3 amide bonds. The molecule has 0 aliphatic rings. The van der Waals surface area contributed by atoms with Gasteiger partial charge in [-0.3, -0.25) is 9.59 Å². The van der Waals surface area contributed by atoms with E-state index in [0.717, 1.165) is 42.4 Å². The van der Waals surface area contributed by atoms with Crippen LogP contribution in [-0.4, -0.2) is 47.5 Å². The summed E-state index contributed by atoms with van der Waals surface area (Å²) in [7, 11) is 0. The molecule has 0 aliphatic heterocycles. The number of nitrogens with zero attached hydrogens (tertiary/aromatic N) is 1. The first kappa shape index (κ1) is 28.5. The van der Waals surface area contributed by atoms with Gasteiger partial charge in [0.15, 0.2) is 0 Å². The van der Waals surface area contributed by atoms with Gasteiger partial charge in [0, 0.05) is 12.6 Å². The highest BCUT2D eigenvalue weighted by Crippen LogP contribution is 2.26. The van der Waals surface area contributed by atoms with E-state index in [1.807, 2.05) is 45.9 Å². The van der Waals surface area contributed by atoms with Crippen LogP contribution in [-0.2, 0) is 14.3 Å². The first-order valence-electron chi connectivity index (χ1n) is 12.0. The molecule has 2 N–H and O–H groups in total. The Morgan fingerprint density at radius 3 is 2.27 bits per heavy atom. The Balaban J connectivity index is 3.24. The first-order chi connectivity index (χ1) is 15.4. The largest absolute Gasteiger partial charge is 0.444 e. The topological polar surface area (TPSA) is 87.7 Å². The number of hydrogen-bond donors (Lipinski definition) is 2. The van der Waals surface area contributed by atoms with Crippen molar-refractivity contribution in [1.82, 2.24) is 15.5 Å². The Hall–Kier alpha value is -2.57. The molecule has 1 aromatic rings. The highest BCUT2D eigenvalue weighted by molar-refractivity contribution is 5.90. The van der Waals surface area contributed by atoms with Gasteiger partial charge in [0.25, 0.3) is 0 Å². The summed E-state index contributed by atoms with van der Waals surface area (Å²) in [4.78, 5) is 40.4. The van der Waals surface area contributed by atoms with Crippen LogP contribution in [0.15, 0.2) is 18.2 Å². The van der Waals surface area contributed by atoms with Gasteiger partial charge in [-0.05, 0) is 66.0 Å². The SMILES string of the molecule is CCCCCCN(C(=O)CNC(=O)OC(C)(C)C)C(C(=O)NC(C)C)c1ccc(C)cc1C. The lowest BCUT2D eigenvalue weighted by Crippen LogP contribution is -2.49. The number of hydrogen-bond acceptors (Lipinski definition) is 4. The maximum atomic E-state index is 13.3. The number of rotatable bonds is 11. The van der Waals surface area contributed by atoms with Crippen LogP contribution in [0.1, 0.15) is 90.0 Å². The van der Waals surface area contributed by atoms with E-state index in [1.165, 1.54) is 0 Å². The lowest BCUT2D eigenvalue weighted by atomic mass is 9.96. The molecule has 0 bridgehead atoms. The molecule has 1 aromatic carbocycles. The van der Waals surface area contributed by atoms with Crippen LogP contribution in [0.25, 0.3) is 0 Å². The van der Waals surface area contributed by atoms with E-state index in [1.54, 1.807) is 25.7 Å². The van der Waals surface area contributed by atoms with E-state index in [0.29, 0.717) is 6.54 Å². The molecule has 186 valence electrons. The minimum absolute atomic E-state index is 0.0670. The van der Waals surface area contributed by atoms with Crippen molar-refractivity contribution in [2.45, 2.75) is 98.8 Å². The zero-order chi connectivity index (χ0) is 25.2. The zero-order valence-electron chi connectivity index (χ0n) is 21.7. The van der Waals surface area contributed by atoms with Crippen LogP contribution < -0.4 is 10.6 Å². The fourth-order valence-corrected chi connectivity index (χ4v) is 3.62. The monoisotopic (exact) mass is 461 g/mol. The second-order valence-corrected chi connectivity index (χ2v) is 9.93. The Kier molecular flexibility index (Phi) is 11.4. The van der Waals surface area contributed by atoms with Crippen LogP contribution in [0.2, 0.25) is 0 Å². The predicted molar refractivity (Wildman–Crippen MR) is 132 cm³/mol. The van der Waals surface area contributed by atoms with Crippen LogP contribution in [0, 0.1) is 13.8 Å². The Bertz CT molecular complexity index is 799. The van der Waals surface area contributed by atoms with E-state index in [2.05, 4.69) is 17.6 Å². The van der Waals surface area contributed by atoms with Crippen molar-refractivity contribution >= 4 is 17.9 Å². The molecule has 0 saturated carbocycles. The average molecular weight is 462 g/mol. The van der Waals surface area contributed by atoms with E-state index in [-0.39, 0.29) is 24.4 Å². The smallest absolute Gasteiger partial charge is 0.408 e. The van der Waals surface area contributed by atoms with Gasteiger partial charge in [-0.2, -0.15) is 0 Å². The Morgan fingerprint density at radius 2 is 1.73 bits per heavy atom. The van der Waals surface area contributed by atoms with Gasteiger partial charge >= 0.3 is 6.09 Å². The van der Waals surface area contributed by atoms with Crippen LogP contribution >= 0.6 is 0 Å². The molecule has 0 saturated heterocycles. The zero-order valence-corrected chi connectivity index (χ0v) is 21.7. The second kappa shape index (κ2) is 13.2. The van der Waals surface area contributed by atoms with Gasteiger partial charge < -0.3 is 20.3 Å². The molecule has 0 fully saturated rings. The fourth-order valence-electron chi connectivity index (χ4n) is 3.62. The van der Waals surface area contributed by atoms with Gasteiger partial charge in [-0.1, -0.05) is 49.9 Å². The molecule has 1 unspecified atom stereocenters. The number of carbonyl (C=O) groups is 3. The Morgan fingerprint density at radius 1 is 1.06 bits per heavy atom. The highest BCUT2D eigenvalue weighted by Gasteiger charge is 2.32. The molecule has 1 rings (SSSR count). The molecular weight excluding hydrogens is 418 g/mol. The molecule has 0 aromatic heterocycles. The molecule has 1 atom stereocenters. The minimum Gasteiger partial charge on any atom is -0.444 e. The molecule has 0 aliphatic carbocycles. The maximum Gasteiger partial charge on any atom is 0.408 e. The molecule has 0 spiro atoms. The molecular formula is C26H43N3O4. The normalized spacial score (nSPS) is 12.3. The number of nitrogens with one attached hydrogen (secondary N) is 2. The molecule has 0 radical (unpaired) electrons. The highest BCUT2D eigenvalue weighted by atomic mass is 16.6. The number of aryl methyl sites for hydroxylation is 2. The summed E-state index contributed by atoms with van der Waals surface area (Å²) < 4.78 is 5.26. The molecule has 0 heterocycles. The third kappa shape index (κ3) is 10.3. The lowest BCUT2D eigenvalue weighted by Gasteiger charge is -2.33.